The molecular formula is C18H21N3O4S. The van der Waals surface area contributed by atoms with Gasteiger partial charge in [0.25, 0.3) is 5.69 Å². The number of nitro groups is 1. The van der Waals surface area contributed by atoms with Crippen LogP contribution >= 0.6 is 0 Å². The predicted molar refractivity (Wildman–Crippen MR) is 99.6 cm³/mol. The second-order valence-corrected chi connectivity index (χ2v) is 8.03. The molecule has 1 aliphatic heterocycles. The van der Waals surface area contributed by atoms with Crippen molar-refractivity contribution in [1.82, 2.24) is 4.72 Å². The fourth-order valence-corrected chi connectivity index (χ4v) is 4.11. The van der Waals surface area contributed by atoms with Crippen molar-refractivity contribution >= 4 is 21.4 Å². The number of anilines is 1. The average molecular weight is 375 g/mol. The molecule has 0 saturated carbocycles. The van der Waals surface area contributed by atoms with Crippen molar-refractivity contribution in [2.45, 2.75) is 30.7 Å². The number of hydrogen-bond acceptors (Lipinski definition) is 5. The second kappa shape index (κ2) is 7.84. The first-order valence-electron chi connectivity index (χ1n) is 8.54. The number of nitrogens with one attached hydrogen (secondary N) is 1. The summed E-state index contributed by atoms with van der Waals surface area (Å²) in [6.07, 6.45) is 3.08. The molecule has 0 radical (unpaired) electrons. The third-order valence-corrected chi connectivity index (χ3v) is 5.86. The molecule has 0 aliphatic carbocycles. The average Bonchev–Trinajstić information content (AvgIpc) is 2.67. The molecule has 0 spiro atoms. The van der Waals surface area contributed by atoms with Crippen LogP contribution < -0.4 is 9.62 Å². The van der Waals surface area contributed by atoms with Gasteiger partial charge in [-0.05, 0) is 37.0 Å². The van der Waals surface area contributed by atoms with Gasteiger partial charge >= 0.3 is 0 Å². The van der Waals surface area contributed by atoms with E-state index in [4.69, 9.17) is 0 Å². The van der Waals surface area contributed by atoms with Gasteiger partial charge in [0, 0.05) is 25.7 Å². The van der Waals surface area contributed by atoms with Crippen molar-refractivity contribution in [1.29, 1.82) is 0 Å². The van der Waals surface area contributed by atoms with Crippen LogP contribution in [-0.2, 0) is 16.6 Å². The molecule has 1 aliphatic rings. The maximum atomic E-state index is 12.5. The molecule has 8 heteroatoms. The molecule has 1 N–H and O–H groups in total. The SMILES string of the molecule is O=[N+]([O-])c1cc(S(=O)(=O)NCc2ccccc2)ccc1N1CCCCC1. The van der Waals surface area contributed by atoms with Gasteiger partial charge in [0.1, 0.15) is 5.69 Å². The standard InChI is InChI=1S/C18H21N3O4S/c22-21(23)18-13-16(9-10-17(18)20-11-5-2-6-12-20)26(24,25)19-14-15-7-3-1-4-8-15/h1,3-4,7-10,13,19H,2,5-6,11-12,14H2. The van der Waals surface area contributed by atoms with Crippen LogP contribution in [0, 0.1) is 10.1 Å². The minimum absolute atomic E-state index is 0.0964. The maximum absolute atomic E-state index is 12.5. The lowest BCUT2D eigenvalue weighted by molar-refractivity contribution is -0.384. The fraction of sp³-hybridized carbons (Fsp3) is 0.333. The van der Waals surface area contributed by atoms with Gasteiger partial charge in [0.2, 0.25) is 10.0 Å². The Kier molecular flexibility index (Phi) is 5.53. The molecule has 138 valence electrons. The molecule has 26 heavy (non-hydrogen) atoms. The highest BCUT2D eigenvalue weighted by Gasteiger charge is 2.25. The van der Waals surface area contributed by atoms with E-state index in [-0.39, 0.29) is 17.1 Å². The fourth-order valence-electron chi connectivity index (χ4n) is 3.08. The van der Waals surface area contributed by atoms with Crippen molar-refractivity contribution in [2.75, 3.05) is 18.0 Å². The van der Waals surface area contributed by atoms with E-state index in [1.807, 2.05) is 35.2 Å². The molecule has 0 amide bonds. The Morgan fingerprint density at radius 3 is 2.38 bits per heavy atom. The van der Waals surface area contributed by atoms with Crippen LogP contribution in [0.5, 0.6) is 0 Å². The summed E-state index contributed by atoms with van der Waals surface area (Å²) >= 11 is 0. The molecule has 1 fully saturated rings. The minimum atomic E-state index is -3.83. The highest BCUT2D eigenvalue weighted by Crippen LogP contribution is 2.32. The molecule has 0 atom stereocenters. The largest absolute Gasteiger partial charge is 0.366 e. The van der Waals surface area contributed by atoms with E-state index in [2.05, 4.69) is 4.72 Å². The van der Waals surface area contributed by atoms with E-state index in [9.17, 15) is 18.5 Å². The highest BCUT2D eigenvalue weighted by molar-refractivity contribution is 7.89. The minimum Gasteiger partial charge on any atom is -0.366 e. The summed E-state index contributed by atoms with van der Waals surface area (Å²) < 4.78 is 27.5. The number of sulfonamides is 1. The van der Waals surface area contributed by atoms with Crippen LogP contribution in [0.15, 0.2) is 53.4 Å². The normalized spacial score (nSPS) is 15.0. The van der Waals surface area contributed by atoms with Crippen LogP contribution in [-0.4, -0.2) is 26.4 Å². The summed E-state index contributed by atoms with van der Waals surface area (Å²) in [6, 6.07) is 13.2. The molecule has 0 bridgehead atoms. The molecule has 1 saturated heterocycles. The first kappa shape index (κ1) is 18.3. The Morgan fingerprint density at radius 2 is 1.73 bits per heavy atom. The first-order chi connectivity index (χ1) is 12.5. The number of nitro benzene ring substituents is 1. The van der Waals surface area contributed by atoms with E-state index in [1.165, 1.54) is 6.07 Å². The van der Waals surface area contributed by atoms with Crippen molar-refractivity contribution in [3.05, 3.63) is 64.2 Å². The Hall–Kier alpha value is -2.45. The smallest absolute Gasteiger partial charge is 0.293 e. The number of nitrogens with zero attached hydrogens (tertiary/aromatic N) is 2. The Bertz CT molecular complexity index is 879. The van der Waals surface area contributed by atoms with E-state index >= 15 is 0 Å². The van der Waals surface area contributed by atoms with Crippen molar-refractivity contribution < 1.29 is 13.3 Å². The van der Waals surface area contributed by atoms with Crippen LogP contribution in [0.3, 0.4) is 0 Å². The lowest BCUT2D eigenvalue weighted by Crippen LogP contribution is -2.30. The summed E-state index contributed by atoms with van der Waals surface area (Å²) in [5.74, 6) is 0. The molecule has 3 rings (SSSR count). The van der Waals surface area contributed by atoms with E-state index in [1.54, 1.807) is 6.07 Å². The van der Waals surface area contributed by atoms with Crippen molar-refractivity contribution in [2.24, 2.45) is 0 Å². The highest BCUT2D eigenvalue weighted by atomic mass is 32.2. The van der Waals surface area contributed by atoms with Crippen LogP contribution in [0.25, 0.3) is 0 Å². The lowest BCUT2D eigenvalue weighted by Gasteiger charge is -2.28. The molecule has 0 aromatic heterocycles. The van der Waals surface area contributed by atoms with Crippen LogP contribution in [0.4, 0.5) is 11.4 Å². The van der Waals surface area contributed by atoms with E-state index in [0.29, 0.717) is 5.69 Å². The maximum Gasteiger partial charge on any atom is 0.293 e. The van der Waals surface area contributed by atoms with Gasteiger partial charge in [0.15, 0.2) is 0 Å². The van der Waals surface area contributed by atoms with Crippen molar-refractivity contribution in [3.8, 4) is 0 Å². The molecule has 2 aromatic rings. The number of benzene rings is 2. The summed E-state index contributed by atoms with van der Waals surface area (Å²) in [5.41, 5.74) is 1.13. The van der Waals surface area contributed by atoms with Gasteiger partial charge in [-0.1, -0.05) is 30.3 Å². The Labute approximate surface area is 152 Å². The number of rotatable bonds is 6. The molecule has 7 nitrogen and oxygen atoms in total. The summed E-state index contributed by atoms with van der Waals surface area (Å²) in [4.78, 5) is 12.8. The Morgan fingerprint density at radius 1 is 1.04 bits per heavy atom. The lowest BCUT2D eigenvalue weighted by atomic mass is 10.1. The summed E-state index contributed by atoms with van der Waals surface area (Å²) in [6.45, 7) is 1.63. The van der Waals surface area contributed by atoms with Gasteiger partial charge in [0.05, 0.1) is 9.82 Å². The second-order valence-electron chi connectivity index (χ2n) is 6.27. The van der Waals surface area contributed by atoms with Crippen molar-refractivity contribution in [3.63, 3.8) is 0 Å². The molecule has 1 heterocycles. The summed E-state index contributed by atoms with van der Waals surface area (Å²) in [5, 5.41) is 11.5. The van der Waals surface area contributed by atoms with Gasteiger partial charge in [-0.3, -0.25) is 10.1 Å². The predicted octanol–water partition coefficient (Wildman–Crippen LogP) is 3.06. The third kappa shape index (κ3) is 4.20. The Balaban J connectivity index is 1.85. The monoisotopic (exact) mass is 375 g/mol. The number of piperidine rings is 1. The third-order valence-electron chi connectivity index (χ3n) is 4.46. The van der Waals surface area contributed by atoms with E-state index < -0.39 is 14.9 Å². The topological polar surface area (TPSA) is 92.5 Å². The molecular weight excluding hydrogens is 354 g/mol. The van der Waals surface area contributed by atoms with Gasteiger partial charge in [-0.25, -0.2) is 13.1 Å². The number of hydrogen-bond donors (Lipinski definition) is 1. The van der Waals surface area contributed by atoms with Gasteiger partial charge in [-0.15, -0.1) is 0 Å². The van der Waals surface area contributed by atoms with Crippen LogP contribution in [0.1, 0.15) is 24.8 Å². The van der Waals surface area contributed by atoms with Crippen LogP contribution in [0.2, 0.25) is 0 Å². The molecule has 2 aromatic carbocycles. The van der Waals surface area contributed by atoms with E-state index in [0.717, 1.165) is 44.0 Å². The quantitative estimate of drug-likeness (QED) is 0.619. The van der Waals surface area contributed by atoms with Gasteiger partial charge in [-0.2, -0.15) is 0 Å². The zero-order valence-electron chi connectivity index (χ0n) is 14.3. The van der Waals surface area contributed by atoms with Gasteiger partial charge < -0.3 is 4.90 Å². The zero-order chi connectivity index (χ0) is 18.6. The zero-order valence-corrected chi connectivity index (χ0v) is 15.1. The molecule has 0 unspecified atom stereocenters. The first-order valence-corrected chi connectivity index (χ1v) is 10.0. The summed E-state index contributed by atoms with van der Waals surface area (Å²) in [7, 11) is -3.83.